The summed E-state index contributed by atoms with van der Waals surface area (Å²) in [6.07, 6.45) is 1.34. The third-order valence-electron chi connectivity index (χ3n) is 7.33. The van der Waals surface area contributed by atoms with Crippen LogP contribution in [0.4, 0.5) is 0 Å². The molecule has 1 atom stereocenters. The minimum Gasteiger partial charge on any atom is -0.490 e. The normalized spacial score (nSPS) is 17.6. The first-order chi connectivity index (χ1) is 18.1. The molecule has 0 bridgehead atoms. The van der Waals surface area contributed by atoms with E-state index in [4.69, 9.17) is 9.26 Å². The lowest BCUT2D eigenvalue weighted by molar-refractivity contribution is -0.132. The van der Waals surface area contributed by atoms with Gasteiger partial charge in [-0.25, -0.2) is 0 Å². The number of carbonyl (C=O) groups excluding carboxylic acids is 1. The van der Waals surface area contributed by atoms with Gasteiger partial charge in [0.05, 0.1) is 18.2 Å². The predicted octanol–water partition coefficient (Wildman–Crippen LogP) is 5.14. The molecule has 2 aliphatic rings. The van der Waals surface area contributed by atoms with Crippen molar-refractivity contribution in [3.8, 4) is 17.1 Å². The zero-order valence-electron chi connectivity index (χ0n) is 21.0. The van der Waals surface area contributed by atoms with E-state index in [0.29, 0.717) is 24.5 Å². The number of nitrogens with zero attached hydrogens (tertiary/aromatic N) is 3. The van der Waals surface area contributed by atoms with Gasteiger partial charge in [-0.1, -0.05) is 65.8 Å². The average Bonchev–Trinajstić information content (AvgIpc) is 3.55. The number of hydrogen-bond acceptors (Lipinski definition) is 5. The third kappa shape index (κ3) is 5.02. The van der Waals surface area contributed by atoms with Gasteiger partial charge in [-0.05, 0) is 41.8 Å². The van der Waals surface area contributed by atoms with Crippen molar-refractivity contribution in [3.63, 3.8) is 0 Å². The van der Waals surface area contributed by atoms with E-state index < -0.39 is 0 Å². The molecule has 3 aromatic carbocycles. The SMILES string of the molecule is CC1Cc2cc(-c3cc(CC(=O)N4CCN(C(c5ccccc5)c5ccccc5)CC4)no3)ccc2O1. The Kier molecular flexibility index (Phi) is 6.49. The Morgan fingerprint density at radius 1 is 0.919 bits per heavy atom. The van der Waals surface area contributed by atoms with E-state index in [2.05, 4.69) is 83.7 Å². The van der Waals surface area contributed by atoms with Gasteiger partial charge >= 0.3 is 0 Å². The summed E-state index contributed by atoms with van der Waals surface area (Å²) in [6, 6.07) is 29.3. The molecular weight excluding hydrogens is 462 g/mol. The van der Waals surface area contributed by atoms with Crippen LogP contribution in [0.3, 0.4) is 0 Å². The Labute approximate surface area is 217 Å². The number of aromatic nitrogens is 1. The van der Waals surface area contributed by atoms with Crippen LogP contribution in [0.1, 0.15) is 35.3 Å². The summed E-state index contributed by atoms with van der Waals surface area (Å²) in [5.41, 5.74) is 5.36. The number of benzene rings is 3. The Hall–Kier alpha value is -3.90. The number of ether oxygens (including phenoxy) is 1. The maximum absolute atomic E-state index is 13.1. The number of carbonyl (C=O) groups is 1. The van der Waals surface area contributed by atoms with Crippen LogP contribution in [-0.4, -0.2) is 53.1 Å². The van der Waals surface area contributed by atoms with Gasteiger partial charge in [-0.2, -0.15) is 0 Å². The minimum absolute atomic E-state index is 0.0895. The highest BCUT2D eigenvalue weighted by atomic mass is 16.5. The number of rotatable bonds is 6. The third-order valence-corrected chi connectivity index (χ3v) is 7.33. The number of fused-ring (bicyclic) bond motifs is 1. The van der Waals surface area contributed by atoms with Crippen LogP contribution in [0.5, 0.6) is 5.75 Å². The van der Waals surface area contributed by atoms with Crippen molar-refractivity contribution < 1.29 is 14.1 Å². The molecule has 6 heteroatoms. The number of hydrogen-bond donors (Lipinski definition) is 0. The molecule has 3 heterocycles. The predicted molar refractivity (Wildman–Crippen MR) is 142 cm³/mol. The van der Waals surface area contributed by atoms with Crippen molar-refractivity contribution in [3.05, 3.63) is 107 Å². The van der Waals surface area contributed by atoms with Gasteiger partial charge in [0.2, 0.25) is 5.91 Å². The smallest absolute Gasteiger partial charge is 0.228 e. The Balaban J connectivity index is 1.10. The van der Waals surface area contributed by atoms with E-state index in [1.807, 2.05) is 23.1 Å². The van der Waals surface area contributed by atoms with Crippen LogP contribution in [0.15, 0.2) is 89.5 Å². The fourth-order valence-electron chi connectivity index (χ4n) is 5.49. The molecule has 4 aromatic rings. The van der Waals surface area contributed by atoms with Gasteiger partial charge in [0.1, 0.15) is 11.9 Å². The van der Waals surface area contributed by atoms with Crippen LogP contribution >= 0.6 is 0 Å². The molecule has 1 unspecified atom stereocenters. The zero-order chi connectivity index (χ0) is 25.2. The molecule has 0 aliphatic carbocycles. The molecule has 37 heavy (non-hydrogen) atoms. The van der Waals surface area contributed by atoms with E-state index in [1.54, 1.807) is 0 Å². The van der Waals surface area contributed by atoms with E-state index in [9.17, 15) is 4.79 Å². The summed E-state index contributed by atoms with van der Waals surface area (Å²) in [5, 5.41) is 4.19. The van der Waals surface area contributed by atoms with Crippen LogP contribution in [0.2, 0.25) is 0 Å². The lowest BCUT2D eigenvalue weighted by atomic mass is 9.96. The summed E-state index contributed by atoms with van der Waals surface area (Å²) in [6.45, 7) is 5.10. The van der Waals surface area contributed by atoms with Crippen molar-refractivity contribution in [2.24, 2.45) is 0 Å². The largest absolute Gasteiger partial charge is 0.490 e. The van der Waals surface area contributed by atoms with Gasteiger partial charge in [0, 0.05) is 44.2 Å². The molecule has 0 saturated carbocycles. The maximum Gasteiger partial charge on any atom is 0.228 e. The fraction of sp³-hybridized carbons (Fsp3) is 0.290. The molecule has 1 amide bonds. The molecule has 1 saturated heterocycles. The summed E-state index contributed by atoms with van der Waals surface area (Å²) >= 11 is 0. The van der Waals surface area contributed by atoms with E-state index in [1.165, 1.54) is 16.7 Å². The second-order valence-corrected chi connectivity index (χ2v) is 9.96. The summed E-state index contributed by atoms with van der Waals surface area (Å²) in [4.78, 5) is 17.6. The number of piperazine rings is 1. The molecule has 0 N–H and O–H groups in total. The Bertz CT molecular complexity index is 1320. The van der Waals surface area contributed by atoms with Crippen LogP contribution in [0.25, 0.3) is 11.3 Å². The van der Waals surface area contributed by atoms with Gasteiger partial charge in [0.15, 0.2) is 5.76 Å². The lowest BCUT2D eigenvalue weighted by Crippen LogP contribution is -2.50. The van der Waals surface area contributed by atoms with Crippen LogP contribution in [-0.2, 0) is 17.6 Å². The van der Waals surface area contributed by atoms with E-state index in [-0.39, 0.29) is 24.5 Å². The molecule has 188 valence electrons. The molecule has 2 aliphatic heterocycles. The second-order valence-electron chi connectivity index (χ2n) is 9.96. The van der Waals surface area contributed by atoms with Crippen molar-refractivity contribution in [1.29, 1.82) is 0 Å². The van der Waals surface area contributed by atoms with Gasteiger partial charge in [-0.3, -0.25) is 9.69 Å². The van der Waals surface area contributed by atoms with Crippen molar-refractivity contribution in [2.75, 3.05) is 26.2 Å². The van der Waals surface area contributed by atoms with Gasteiger partial charge < -0.3 is 14.2 Å². The quantitative estimate of drug-likeness (QED) is 0.372. The maximum atomic E-state index is 13.1. The van der Waals surface area contributed by atoms with Crippen molar-refractivity contribution >= 4 is 5.91 Å². The topological polar surface area (TPSA) is 58.8 Å². The standard InChI is InChI=1S/C31H31N3O3/c1-22-18-26-19-25(12-13-28(26)36-22)29-20-27(32-37-29)21-30(35)33-14-16-34(17-15-33)31(23-8-4-2-5-9-23)24-10-6-3-7-11-24/h2-13,19-20,22,31H,14-18,21H2,1H3. The summed E-state index contributed by atoms with van der Waals surface area (Å²) in [7, 11) is 0. The summed E-state index contributed by atoms with van der Waals surface area (Å²) < 4.78 is 11.4. The number of amides is 1. The first-order valence-electron chi connectivity index (χ1n) is 13.0. The first kappa shape index (κ1) is 23.5. The van der Waals surface area contributed by atoms with Crippen molar-refractivity contribution in [1.82, 2.24) is 15.0 Å². The highest BCUT2D eigenvalue weighted by Crippen LogP contribution is 2.33. The molecule has 6 nitrogen and oxygen atoms in total. The van der Waals surface area contributed by atoms with Gasteiger partial charge in [0.25, 0.3) is 0 Å². The van der Waals surface area contributed by atoms with E-state index in [0.717, 1.165) is 30.8 Å². The molecule has 6 rings (SSSR count). The fourth-order valence-corrected chi connectivity index (χ4v) is 5.49. The minimum atomic E-state index is 0.0895. The average molecular weight is 494 g/mol. The molecular formula is C31H31N3O3. The lowest BCUT2D eigenvalue weighted by Gasteiger charge is -2.39. The molecule has 1 fully saturated rings. The molecule has 0 spiro atoms. The molecule has 0 radical (unpaired) electrons. The second kappa shape index (κ2) is 10.2. The Morgan fingerprint density at radius 2 is 1.59 bits per heavy atom. The zero-order valence-corrected chi connectivity index (χ0v) is 21.0. The highest BCUT2D eigenvalue weighted by Gasteiger charge is 2.28. The first-order valence-corrected chi connectivity index (χ1v) is 13.0. The van der Waals surface area contributed by atoms with Gasteiger partial charge in [-0.15, -0.1) is 0 Å². The van der Waals surface area contributed by atoms with E-state index >= 15 is 0 Å². The summed E-state index contributed by atoms with van der Waals surface area (Å²) in [5.74, 6) is 1.71. The highest BCUT2D eigenvalue weighted by molar-refractivity contribution is 5.79. The van der Waals surface area contributed by atoms with Crippen LogP contribution in [0, 0.1) is 0 Å². The Morgan fingerprint density at radius 3 is 2.27 bits per heavy atom. The van der Waals surface area contributed by atoms with Crippen molar-refractivity contribution in [2.45, 2.75) is 31.9 Å². The monoisotopic (exact) mass is 493 g/mol. The molecule has 1 aromatic heterocycles. The van der Waals surface area contributed by atoms with Crippen LogP contribution < -0.4 is 4.74 Å².